The van der Waals surface area contributed by atoms with Gasteiger partial charge in [-0.05, 0) is 89.0 Å². The first-order valence-electron chi connectivity index (χ1n) is 23.6. The fourth-order valence-corrected chi connectivity index (χ4v) is 11.6. The van der Waals surface area contributed by atoms with Crippen molar-refractivity contribution < 1.29 is 23.3 Å². The van der Waals surface area contributed by atoms with E-state index in [4.69, 9.17) is 14.6 Å². The van der Waals surface area contributed by atoms with Crippen molar-refractivity contribution in [3.63, 3.8) is 0 Å². The molecular formula is C50H64N10O6S4. The number of benzene rings is 2. The van der Waals surface area contributed by atoms with E-state index in [9.17, 15) is 19.7 Å². The fourth-order valence-electron chi connectivity index (χ4n) is 8.13. The number of likely N-dealkylation sites (tertiary alicyclic amines) is 2. The molecule has 6 aromatic rings. The molecule has 0 bridgehead atoms. The Balaban J connectivity index is 0.000000207. The number of hydrogen-bond donors (Lipinski definition) is 3. The second-order valence-corrected chi connectivity index (χ2v) is 24.4. The van der Waals surface area contributed by atoms with Crippen molar-refractivity contribution in [3.8, 4) is 0 Å². The van der Waals surface area contributed by atoms with Gasteiger partial charge in [0.1, 0.15) is 11.5 Å². The van der Waals surface area contributed by atoms with Gasteiger partial charge in [-0.2, -0.15) is 0 Å². The number of piperidine rings is 2. The fraction of sp³-hybridized carbons (Fsp3) is 0.480. The number of amides is 2. The number of nitrogens with one attached hydrogen (secondary N) is 2. The lowest BCUT2D eigenvalue weighted by Crippen LogP contribution is -2.39. The molecule has 2 aliphatic rings. The predicted octanol–water partition coefficient (Wildman–Crippen LogP) is 11.8. The number of anilines is 3. The summed E-state index contributed by atoms with van der Waals surface area (Å²) in [5, 5.41) is 18.3. The van der Waals surface area contributed by atoms with Gasteiger partial charge < -0.3 is 25.2 Å². The van der Waals surface area contributed by atoms with Crippen LogP contribution in [0.3, 0.4) is 0 Å². The second-order valence-electron chi connectivity index (χ2n) is 19.8. The Morgan fingerprint density at radius 3 is 1.54 bits per heavy atom. The summed E-state index contributed by atoms with van der Waals surface area (Å²) in [5.41, 5.74) is 8.83. The molecule has 4 N–H and O–H groups in total. The Bertz CT molecular complexity index is 2690. The molecule has 2 atom stereocenters. The average Bonchev–Trinajstić information content (AvgIpc) is 4.19. The van der Waals surface area contributed by atoms with Crippen LogP contribution in [0.15, 0.2) is 90.6 Å². The second kappa shape index (κ2) is 23.4. The SMILES string of the molecule is CC(c1cccc(N)c1)N1CCC(C(=O)Nc2ncc(SCc3ncc(C(C)(C)C)o3)s2)CC1.CC(c1cccc([N+](=O)[O-])c1)N1CCC(C(=O)Nc2ncc(SCc3ncc(C(C)(C)C)o3)s2)CC1. The molecule has 2 saturated heterocycles. The molecule has 4 aromatic heterocycles. The minimum atomic E-state index is -0.369. The van der Waals surface area contributed by atoms with E-state index in [1.54, 1.807) is 60.4 Å². The molecule has 2 fully saturated rings. The third-order valence-corrected chi connectivity index (χ3v) is 16.7. The highest BCUT2D eigenvalue weighted by Crippen LogP contribution is 2.36. The molecular weight excluding hydrogens is 965 g/mol. The topological polar surface area (TPSA) is 212 Å². The van der Waals surface area contributed by atoms with Gasteiger partial charge in [-0.3, -0.25) is 29.5 Å². The lowest BCUT2D eigenvalue weighted by Gasteiger charge is -2.35. The molecule has 70 heavy (non-hydrogen) atoms. The van der Waals surface area contributed by atoms with Gasteiger partial charge in [-0.25, -0.2) is 19.9 Å². The van der Waals surface area contributed by atoms with Crippen molar-refractivity contribution in [1.82, 2.24) is 29.7 Å². The number of oxazole rings is 2. The van der Waals surface area contributed by atoms with Crippen LogP contribution in [0.5, 0.6) is 0 Å². The third kappa shape index (κ3) is 14.5. The van der Waals surface area contributed by atoms with E-state index in [-0.39, 0.29) is 57.2 Å². The Morgan fingerprint density at radius 2 is 1.14 bits per heavy atom. The van der Waals surface area contributed by atoms with Crippen LogP contribution in [-0.4, -0.2) is 72.7 Å². The highest BCUT2D eigenvalue weighted by molar-refractivity contribution is 8.00. The Morgan fingerprint density at radius 1 is 0.714 bits per heavy atom. The molecule has 0 spiro atoms. The van der Waals surface area contributed by atoms with Crippen LogP contribution in [-0.2, 0) is 31.9 Å². The third-order valence-electron chi connectivity index (χ3n) is 12.5. The lowest BCUT2D eigenvalue weighted by atomic mass is 9.94. The number of hydrogen-bond acceptors (Lipinski definition) is 17. The number of thioether (sulfide) groups is 2. The quantitative estimate of drug-likeness (QED) is 0.0378. The summed E-state index contributed by atoms with van der Waals surface area (Å²) < 4.78 is 13.7. The van der Waals surface area contributed by atoms with Crippen LogP contribution in [0.2, 0.25) is 0 Å². The van der Waals surface area contributed by atoms with Gasteiger partial charge in [-0.1, -0.05) is 88.5 Å². The largest absolute Gasteiger partial charge is 0.444 e. The molecule has 0 saturated carbocycles. The van der Waals surface area contributed by atoms with Crippen molar-refractivity contribution >= 4 is 79.6 Å². The smallest absolute Gasteiger partial charge is 0.269 e. The highest BCUT2D eigenvalue weighted by Gasteiger charge is 2.30. The van der Waals surface area contributed by atoms with Gasteiger partial charge in [0.15, 0.2) is 10.3 Å². The predicted molar refractivity (Wildman–Crippen MR) is 280 cm³/mol. The number of non-ortho nitro benzene ring substituents is 1. The van der Waals surface area contributed by atoms with E-state index in [0.717, 1.165) is 83.1 Å². The van der Waals surface area contributed by atoms with E-state index in [2.05, 4.69) is 102 Å². The molecule has 2 amide bonds. The maximum Gasteiger partial charge on any atom is 0.269 e. The van der Waals surface area contributed by atoms with E-state index >= 15 is 0 Å². The Labute approximate surface area is 426 Å². The van der Waals surface area contributed by atoms with Crippen LogP contribution < -0.4 is 16.4 Å². The number of aromatic nitrogens is 4. The first-order valence-corrected chi connectivity index (χ1v) is 27.2. The van der Waals surface area contributed by atoms with Crippen LogP contribution in [0.25, 0.3) is 0 Å². The normalized spacial score (nSPS) is 16.3. The molecule has 0 radical (unpaired) electrons. The summed E-state index contributed by atoms with van der Waals surface area (Å²) in [6, 6.07) is 15.2. The zero-order valence-electron chi connectivity index (χ0n) is 41.1. The van der Waals surface area contributed by atoms with E-state index in [1.807, 2.05) is 24.3 Å². The molecule has 374 valence electrons. The standard InChI is InChI=1S/C25H31N5O4S2.C25H33N5O2S2/c1-16(18-6-5-7-19(12-18)30(32)33)29-10-8-17(9-11-29)23(31)28-24-27-14-22(36-24)35-15-21-26-13-20(34-21)25(2,3)4;1-16(18-6-5-7-19(26)12-18)30-10-8-17(9-11-30)23(31)29-24-28-14-22(34-24)33-15-21-27-13-20(32-21)25(2,3)4/h5-7,12-14,16-17H,8-11,15H2,1-4H3,(H,27,28,31);5-7,12-14,16-17H,8-11,15,26H2,1-4H3,(H,28,29,31). The number of thiazole rings is 2. The zero-order valence-corrected chi connectivity index (χ0v) is 44.4. The van der Waals surface area contributed by atoms with Crippen molar-refractivity contribution in [2.24, 2.45) is 11.8 Å². The number of nitro benzene ring substituents is 1. The maximum atomic E-state index is 12.8. The van der Waals surface area contributed by atoms with Crippen molar-refractivity contribution in [3.05, 3.63) is 118 Å². The minimum absolute atomic E-state index is 0.00688. The van der Waals surface area contributed by atoms with E-state index in [0.29, 0.717) is 33.6 Å². The molecule has 6 heterocycles. The Kier molecular flexibility index (Phi) is 17.6. The van der Waals surface area contributed by atoms with Gasteiger partial charge in [0.2, 0.25) is 23.6 Å². The molecule has 2 unspecified atom stereocenters. The number of nitrogen functional groups attached to an aromatic ring is 1. The number of carbonyl (C=O) groups is 2. The molecule has 0 aliphatic carbocycles. The summed E-state index contributed by atoms with van der Waals surface area (Å²) in [6.07, 6.45) is 10.3. The van der Waals surface area contributed by atoms with Crippen LogP contribution in [0.1, 0.15) is 128 Å². The monoisotopic (exact) mass is 1030 g/mol. The van der Waals surface area contributed by atoms with Gasteiger partial charge in [0.05, 0.1) is 49.6 Å². The number of nitrogens with zero attached hydrogens (tertiary/aromatic N) is 7. The van der Waals surface area contributed by atoms with Gasteiger partial charge in [0, 0.05) is 52.6 Å². The van der Waals surface area contributed by atoms with Gasteiger partial charge in [0.25, 0.3) is 5.69 Å². The van der Waals surface area contributed by atoms with Gasteiger partial charge >= 0.3 is 0 Å². The van der Waals surface area contributed by atoms with Crippen molar-refractivity contribution in [2.75, 3.05) is 42.5 Å². The van der Waals surface area contributed by atoms with Crippen LogP contribution >= 0.6 is 46.2 Å². The molecule has 8 rings (SSSR count). The molecule has 20 heteroatoms. The van der Waals surface area contributed by atoms with E-state index < -0.39 is 0 Å². The highest BCUT2D eigenvalue weighted by atomic mass is 32.2. The molecule has 16 nitrogen and oxygen atoms in total. The minimum Gasteiger partial charge on any atom is -0.444 e. The number of carbonyl (C=O) groups excluding carboxylic acids is 2. The number of nitro groups is 1. The number of rotatable bonds is 15. The summed E-state index contributed by atoms with van der Waals surface area (Å²) >= 11 is 6.14. The average molecular weight is 1030 g/mol. The van der Waals surface area contributed by atoms with E-state index in [1.165, 1.54) is 34.3 Å². The zero-order chi connectivity index (χ0) is 50.2. The first kappa shape index (κ1) is 52.7. The summed E-state index contributed by atoms with van der Waals surface area (Å²) in [7, 11) is 0. The maximum absolute atomic E-state index is 12.8. The number of nitrogens with two attached hydrogens (primary N) is 1. The molecule has 2 aliphatic heterocycles. The van der Waals surface area contributed by atoms with Crippen molar-refractivity contribution in [1.29, 1.82) is 0 Å². The summed E-state index contributed by atoms with van der Waals surface area (Å²) in [4.78, 5) is 58.6. The van der Waals surface area contributed by atoms with Crippen LogP contribution in [0, 0.1) is 22.0 Å². The van der Waals surface area contributed by atoms with Crippen LogP contribution in [0.4, 0.5) is 21.6 Å². The first-order chi connectivity index (χ1) is 33.3. The van der Waals surface area contributed by atoms with Crippen molar-refractivity contribution in [2.45, 2.75) is 124 Å². The molecule has 2 aromatic carbocycles. The summed E-state index contributed by atoms with van der Waals surface area (Å²) in [6.45, 7) is 20.1. The van der Waals surface area contributed by atoms with Gasteiger partial charge in [-0.15, -0.1) is 23.5 Å². The lowest BCUT2D eigenvalue weighted by molar-refractivity contribution is -0.385. The Hall–Kier alpha value is -5.12. The summed E-state index contributed by atoms with van der Waals surface area (Å²) in [5.74, 6) is 4.34.